The Morgan fingerprint density at radius 1 is 1.57 bits per heavy atom. The Bertz CT molecular complexity index is 200. The Balaban J connectivity index is 2.36. The molecule has 1 aliphatic carbocycles. The normalized spacial score (nSPS) is 30.9. The molecule has 14 heavy (non-hydrogen) atoms. The van der Waals surface area contributed by atoms with Crippen LogP contribution in [0.1, 0.15) is 26.2 Å². The molecule has 0 heterocycles. The highest BCUT2D eigenvalue weighted by Crippen LogP contribution is 2.37. The van der Waals surface area contributed by atoms with Gasteiger partial charge in [-0.1, -0.05) is 0 Å². The van der Waals surface area contributed by atoms with Crippen LogP contribution in [0.25, 0.3) is 0 Å². The van der Waals surface area contributed by atoms with Crippen LogP contribution in [0.2, 0.25) is 0 Å². The fourth-order valence-corrected chi connectivity index (χ4v) is 1.95. The van der Waals surface area contributed by atoms with E-state index in [1.54, 1.807) is 0 Å². The van der Waals surface area contributed by atoms with E-state index in [-0.39, 0.29) is 11.5 Å². The third-order valence-electron chi connectivity index (χ3n) is 2.88. The van der Waals surface area contributed by atoms with Gasteiger partial charge in [0.15, 0.2) is 0 Å². The zero-order chi connectivity index (χ0) is 10.6. The van der Waals surface area contributed by atoms with Crippen molar-refractivity contribution < 1.29 is 14.3 Å². The number of carbonyl (C=O) groups is 1. The van der Waals surface area contributed by atoms with Gasteiger partial charge < -0.3 is 14.8 Å². The highest BCUT2D eigenvalue weighted by molar-refractivity contribution is 5.71. The maximum Gasteiger partial charge on any atom is 0.307 e. The molecule has 0 aromatic carbocycles. The maximum atomic E-state index is 11.1. The summed E-state index contributed by atoms with van der Waals surface area (Å²) in [6, 6.07) is 0. The first kappa shape index (κ1) is 11.5. The third-order valence-corrected chi connectivity index (χ3v) is 2.88. The minimum absolute atomic E-state index is 0.0903. The molecule has 1 N–H and O–H groups in total. The molecule has 82 valence electrons. The molecule has 1 aliphatic rings. The van der Waals surface area contributed by atoms with Gasteiger partial charge in [0.05, 0.1) is 19.6 Å². The zero-order valence-electron chi connectivity index (χ0n) is 9.13. The summed E-state index contributed by atoms with van der Waals surface area (Å²) in [5.41, 5.74) is -0.0903. The predicted molar refractivity (Wildman–Crippen MR) is 53.1 cm³/mol. The molecule has 1 rings (SSSR count). The summed E-state index contributed by atoms with van der Waals surface area (Å²) in [5, 5.41) is 3.19. The van der Waals surface area contributed by atoms with E-state index in [1.807, 2.05) is 14.0 Å². The second-order valence-electron chi connectivity index (χ2n) is 3.77. The minimum Gasteiger partial charge on any atom is -0.469 e. The van der Waals surface area contributed by atoms with Gasteiger partial charge in [-0.3, -0.25) is 4.79 Å². The molecular formula is C10H19NO3. The average molecular weight is 201 g/mol. The summed E-state index contributed by atoms with van der Waals surface area (Å²) >= 11 is 0. The van der Waals surface area contributed by atoms with E-state index in [4.69, 9.17) is 4.74 Å². The molecule has 0 unspecified atom stereocenters. The predicted octanol–water partition coefficient (Wildman–Crippen LogP) is 0.707. The number of carbonyl (C=O) groups excluding carboxylic acids is 1. The summed E-state index contributed by atoms with van der Waals surface area (Å²) in [6.07, 6.45) is 2.53. The lowest BCUT2D eigenvalue weighted by Crippen LogP contribution is -2.58. The number of hydrogen-bond acceptors (Lipinski definition) is 4. The Hall–Kier alpha value is -0.610. The number of rotatable bonds is 5. The van der Waals surface area contributed by atoms with E-state index < -0.39 is 0 Å². The second kappa shape index (κ2) is 4.75. The Morgan fingerprint density at radius 3 is 2.64 bits per heavy atom. The van der Waals surface area contributed by atoms with Crippen LogP contribution in [0.3, 0.4) is 0 Å². The summed E-state index contributed by atoms with van der Waals surface area (Å²) in [7, 11) is 3.30. The first-order chi connectivity index (χ1) is 6.65. The molecule has 0 saturated heterocycles. The molecule has 1 saturated carbocycles. The summed E-state index contributed by atoms with van der Waals surface area (Å²) in [4.78, 5) is 11.1. The number of esters is 1. The van der Waals surface area contributed by atoms with E-state index in [0.29, 0.717) is 12.5 Å². The van der Waals surface area contributed by atoms with Crippen molar-refractivity contribution in [3.05, 3.63) is 0 Å². The lowest BCUT2D eigenvalue weighted by Gasteiger charge is -2.46. The third kappa shape index (κ3) is 2.45. The van der Waals surface area contributed by atoms with Crippen LogP contribution in [0.15, 0.2) is 0 Å². The molecule has 1 fully saturated rings. The van der Waals surface area contributed by atoms with Crippen LogP contribution in [-0.4, -0.2) is 38.4 Å². The van der Waals surface area contributed by atoms with Crippen LogP contribution in [0, 0.1) is 0 Å². The second-order valence-corrected chi connectivity index (χ2v) is 3.77. The van der Waals surface area contributed by atoms with Gasteiger partial charge in [0.25, 0.3) is 0 Å². The maximum absolute atomic E-state index is 11.1. The molecule has 0 amide bonds. The van der Waals surface area contributed by atoms with E-state index in [2.05, 4.69) is 10.1 Å². The van der Waals surface area contributed by atoms with Crippen LogP contribution in [0.5, 0.6) is 0 Å². The van der Waals surface area contributed by atoms with Crippen molar-refractivity contribution in [2.75, 3.05) is 20.8 Å². The van der Waals surface area contributed by atoms with Crippen molar-refractivity contribution in [3.8, 4) is 0 Å². The number of nitrogens with one attached hydrogen (secondary N) is 1. The average Bonchev–Trinajstić information content (AvgIpc) is 2.14. The van der Waals surface area contributed by atoms with Crippen LogP contribution >= 0.6 is 0 Å². The Morgan fingerprint density at radius 2 is 2.21 bits per heavy atom. The summed E-state index contributed by atoms with van der Waals surface area (Å²) in [5.74, 6) is -0.158. The van der Waals surface area contributed by atoms with Gasteiger partial charge in [-0.25, -0.2) is 0 Å². The number of hydrogen-bond donors (Lipinski definition) is 1. The lowest BCUT2D eigenvalue weighted by molar-refractivity contribution is -0.146. The molecular weight excluding hydrogens is 182 g/mol. The van der Waals surface area contributed by atoms with Gasteiger partial charge in [-0.05, 0) is 26.8 Å². The minimum atomic E-state index is -0.158. The summed E-state index contributed by atoms with van der Waals surface area (Å²) in [6.45, 7) is 2.72. The van der Waals surface area contributed by atoms with E-state index >= 15 is 0 Å². The standard InChI is InChI=1S/C10H19NO3/c1-4-14-8-5-10(6-8,11-2)7-9(12)13-3/h8,11H,4-7H2,1-3H3. The van der Waals surface area contributed by atoms with Gasteiger partial charge in [-0.2, -0.15) is 0 Å². The highest BCUT2D eigenvalue weighted by Gasteiger charge is 2.45. The van der Waals surface area contributed by atoms with E-state index in [1.165, 1.54) is 7.11 Å². The largest absolute Gasteiger partial charge is 0.469 e. The first-order valence-electron chi connectivity index (χ1n) is 5.03. The van der Waals surface area contributed by atoms with E-state index in [0.717, 1.165) is 19.4 Å². The molecule has 0 aromatic heterocycles. The monoisotopic (exact) mass is 201 g/mol. The lowest BCUT2D eigenvalue weighted by atomic mass is 9.72. The van der Waals surface area contributed by atoms with Gasteiger partial charge in [0.1, 0.15) is 0 Å². The fraction of sp³-hybridized carbons (Fsp3) is 0.900. The van der Waals surface area contributed by atoms with Crippen molar-refractivity contribution in [1.82, 2.24) is 5.32 Å². The Labute approximate surface area is 85.0 Å². The van der Waals surface area contributed by atoms with Crippen LogP contribution < -0.4 is 5.32 Å². The van der Waals surface area contributed by atoms with Gasteiger partial charge in [0.2, 0.25) is 0 Å². The van der Waals surface area contributed by atoms with Crippen molar-refractivity contribution in [1.29, 1.82) is 0 Å². The first-order valence-corrected chi connectivity index (χ1v) is 5.03. The number of methoxy groups -OCH3 is 1. The molecule has 0 aliphatic heterocycles. The van der Waals surface area contributed by atoms with Crippen molar-refractivity contribution >= 4 is 5.97 Å². The SMILES string of the molecule is CCOC1CC(CC(=O)OC)(NC)C1. The molecule has 0 spiro atoms. The highest BCUT2D eigenvalue weighted by atomic mass is 16.5. The van der Waals surface area contributed by atoms with Crippen molar-refractivity contribution in [2.24, 2.45) is 0 Å². The van der Waals surface area contributed by atoms with Crippen molar-refractivity contribution in [2.45, 2.75) is 37.8 Å². The Kier molecular flexibility index (Phi) is 3.89. The molecule has 0 bridgehead atoms. The van der Waals surface area contributed by atoms with Crippen molar-refractivity contribution in [3.63, 3.8) is 0 Å². The molecule has 4 nitrogen and oxygen atoms in total. The van der Waals surface area contributed by atoms with E-state index in [9.17, 15) is 4.79 Å². The van der Waals surface area contributed by atoms with Crippen LogP contribution in [-0.2, 0) is 14.3 Å². The fourth-order valence-electron chi connectivity index (χ4n) is 1.95. The molecule has 0 atom stereocenters. The van der Waals surface area contributed by atoms with Crippen LogP contribution in [0.4, 0.5) is 0 Å². The smallest absolute Gasteiger partial charge is 0.307 e. The summed E-state index contributed by atoms with van der Waals surface area (Å²) < 4.78 is 10.1. The molecule has 0 radical (unpaired) electrons. The zero-order valence-corrected chi connectivity index (χ0v) is 9.13. The quantitative estimate of drug-likeness (QED) is 0.665. The number of ether oxygens (including phenoxy) is 2. The topological polar surface area (TPSA) is 47.6 Å². The molecule has 4 heteroatoms. The van der Waals surface area contributed by atoms with Gasteiger partial charge in [-0.15, -0.1) is 0 Å². The van der Waals surface area contributed by atoms with Gasteiger partial charge in [0, 0.05) is 12.1 Å². The molecule has 0 aromatic rings. The van der Waals surface area contributed by atoms with Gasteiger partial charge >= 0.3 is 5.97 Å².